The minimum Gasteiger partial charge on any atom is -0.361 e. The Kier molecular flexibility index (Phi) is 4.77. The molecule has 0 saturated heterocycles. The van der Waals surface area contributed by atoms with Crippen LogP contribution < -0.4 is 0 Å². The molecule has 0 N–H and O–H groups in total. The largest absolute Gasteiger partial charge is 0.361 e. The maximum Gasteiger partial charge on any atom is 0.263 e. The van der Waals surface area contributed by atoms with Crippen LogP contribution in [0, 0.1) is 0 Å². The molecule has 21 heavy (non-hydrogen) atoms. The maximum absolute atomic E-state index is 11.5. The summed E-state index contributed by atoms with van der Waals surface area (Å²) in [6, 6.07) is 5.99. The highest BCUT2D eigenvalue weighted by atomic mass is 35.7. The average molecular weight is 347 g/mol. The van der Waals surface area contributed by atoms with Gasteiger partial charge in [0.2, 0.25) is 0 Å². The molecule has 1 heterocycles. The van der Waals surface area contributed by atoms with E-state index in [1.807, 2.05) is 0 Å². The van der Waals surface area contributed by atoms with Crippen LogP contribution in [0.4, 0.5) is 0 Å². The molecule has 0 fully saturated rings. The minimum absolute atomic E-state index is 0.0301. The first kappa shape index (κ1) is 16.5. The molecule has 5 nitrogen and oxygen atoms in total. The lowest BCUT2D eigenvalue weighted by atomic mass is 10.3. The van der Waals surface area contributed by atoms with E-state index in [4.69, 9.17) is 15.4 Å². The Morgan fingerprint density at radius 2 is 2.05 bits per heavy atom. The zero-order valence-electron chi connectivity index (χ0n) is 12.3. The number of fused-ring (bicyclic) bond motifs is 1. The molecule has 8 heteroatoms. The zero-order chi connectivity index (χ0) is 15.7. The van der Waals surface area contributed by atoms with Gasteiger partial charge < -0.3 is 9.30 Å². The summed E-state index contributed by atoms with van der Waals surface area (Å²) < 4.78 is 30.5. The summed E-state index contributed by atoms with van der Waals surface area (Å²) in [5.41, 5.74) is 1.08. The van der Waals surface area contributed by atoms with Crippen molar-refractivity contribution in [1.82, 2.24) is 9.55 Å². The SMILES string of the molecule is C[Si](C)(C)CCOCn1cnc2c(S(=O)(=O)Cl)cccc21. The van der Waals surface area contributed by atoms with Gasteiger partial charge in [-0.3, -0.25) is 0 Å². The zero-order valence-corrected chi connectivity index (χ0v) is 14.9. The highest BCUT2D eigenvalue weighted by Gasteiger charge is 2.17. The standard InChI is InChI=1S/C13H19ClN2O3SSi/c1-21(2,3)8-7-19-10-16-9-15-13-11(16)5-4-6-12(13)20(14,17)18/h4-6,9H,7-8,10H2,1-3H3. The Morgan fingerprint density at radius 3 is 2.67 bits per heavy atom. The first-order valence-corrected chi connectivity index (χ1v) is 12.7. The molecule has 1 aromatic carbocycles. The molecule has 0 radical (unpaired) electrons. The van der Waals surface area contributed by atoms with E-state index in [-0.39, 0.29) is 4.90 Å². The second kappa shape index (κ2) is 6.08. The Balaban J connectivity index is 2.16. The molecule has 0 aliphatic heterocycles. The third-order valence-electron chi connectivity index (χ3n) is 3.10. The van der Waals surface area contributed by atoms with E-state index in [1.54, 1.807) is 23.0 Å². The number of nitrogens with zero attached hydrogens (tertiary/aromatic N) is 2. The van der Waals surface area contributed by atoms with Gasteiger partial charge in [-0.15, -0.1) is 0 Å². The lowest BCUT2D eigenvalue weighted by Crippen LogP contribution is -2.21. The topological polar surface area (TPSA) is 61.2 Å². The van der Waals surface area contributed by atoms with Crippen LogP contribution in [0.2, 0.25) is 25.7 Å². The Hall–Kier alpha value is -0.893. The van der Waals surface area contributed by atoms with Crippen LogP contribution >= 0.6 is 10.7 Å². The molecule has 0 aliphatic rings. The van der Waals surface area contributed by atoms with Gasteiger partial charge in [0.05, 0.1) is 11.8 Å². The molecule has 2 aromatic rings. The van der Waals surface area contributed by atoms with E-state index in [1.165, 1.54) is 6.07 Å². The van der Waals surface area contributed by atoms with Gasteiger partial charge in [0.1, 0.15) is 17.1 Å². The van der Waals surface area contributed by atoms with Crippen molar-refractivity contribution in [2.24, 2.45) is 0 Å². The van der Waals surface area contributed by atoms with Crippen LogP contribution in [0.5, 0.6) is 0 Å². The van der Waals surface area contributed by atoms with E-state index >= 15 is 0 Å². The van der Waals surface area contributed by atoms with E-state index in [2.05, 4.69) is 24.6 Å². The van der Waals surface area contributed by atoms with Gasteiger partial charge >= 0.3 is 0 Å². The third kappa shape index (κ3) is 4.29. The average Bonchev–Trinajstić information content (AvgIpc) is 2.75. The van der Waals surface area contributed by atoms with E-state index < -0.39 is 17.1 Å². The summed E-state index contributed by atoms with van der Waals surface area (Å²) in [5, 5.41) is 0. The number of halogens is 1. The molecule has 116 valence electrons. The number of ether oxygens (including phenoxy) is 1. The van der Waals surface area contributed by atoms with Crippen molar-refractivity contribution < 1.29 is 13.2 Å². The van der Waals surface area contributed by atoms with Crippen LogP contribution in [0.1, 0.15) is 0 Å². The summed E-state index contributed by atoms with van der Waals surface area (Å²) in [7, 11) is 0.507. The number of hydrogen-bond acceptors (Lipinski definition) is 4. The fraction of sp³-hybridized carbons (Fsp3) is 0.462. The number of rotatable bonds is 6. The molecule has 0 saturated carbocycles. The molecule has 1 aromatic heterocycles. The second-order valence-corrected chi connectivity index (χ2v) is 14.3. The fourth-order valence-electron chi connectivity index (χ4n) is 1.90. The van der Waals surface area contributed by atoms with Crippen LogP contribution in [0.25, 0.3) is 11.0 Å². The molecule has 0 atom stereocenters. The molecule has 0 unspecified atom stereocenters. The minimum atomic E-state index is -3.80. The van der Waals surface area contributed by atoms with E-state index in [0.717, 1.165) is 6.04 Å². The van der Waals surface area contributed by atoms with Gasteiger partial charge in [-0.1, -0.05) is 25.7 Å². The molecule has 0 bridgehead atoms. The van der Waals surface area contributed by atoms with Gasteiger partial charge in [-0.25, -0.2) is 13.4 Å². The molecular weight excluding hydrogens is 328 g/mol. The highest BCUT2D eigenvalue weighted by molar-refractivity contribution is 8.14. The lowest BCUT2D eigenvalue weighted by molar-refractivity contribution is 0.0898. The van der Waals surface area contributed by atoms with Crippen LogP contribution in [0.3, 0.4) is 0 Å². The summed E-state index contributed by atoms with van der Waals surface area (Å²) in [6.07, 6.45) is 1.57. The van der Waals surface area contributed by atoms with E-state index in [0.29, 0.717) is 24.4 Å². The highest BCUT2D eigenvalue weighted by Crippen LogP contribution is 2.24. The van der Waals surface area contributed by atoms with Crippen molar-refractivity contribution in [3.8, 4) is 0 Å². The van der Waals surface area contributed by atoms with E-state index in [9.17, 15) is 8.42 Å². The van der Waals surface area contributed by atoms with Crippen LogP contribution in [-0.4, -0.2) is 32.6 Å². The van der Waals surface area contributed by atoms with Crippen molar-refractivity contribution >= 4 is 38.8 Å². The summed E-state index contributed by atoms with van der Waals surface area (Å²) in [6.45, 7) is 7.93. The number of hydrogen-bond donors (Lipinski definition) is 0. The van der Waals surface area contributed by atoms with Crippen molar-refractivity contribution in [3.63, 3.8) is 0 Å². The third-order valence-corrected chi connectivity index (χ3v) is 6.16. The number of aromatic nitrogens is 2. The Morgan fingerprint density at radius 1 is 1.33 bits per heavy atom. The molecule has 0 spiro atoms. The predicted octanol–water partition coefficient (Wildman–Crippen LogP) is 3.28. The molecule has 0 aliphatic carbocycles. The first-order valence-electron chi connectivity index (χ1n) is 6.65. The van der Waals surface area contributed by atoms with Crippen molar-refractivity contribution in [1.29, 1.82) is 0 Å². The fourth-order valence-corrected chi connectivity index (χ4v) is 3.66. The molecule has 2 rings (SSSR count). The van der Waals surface area contributed by atoms with Gasteiger partial charge in [0, 0.05) is 25.4 Å². The second-order valence-electron chi connectivity index (χ2n) is 6.12. The van der Waals surface area contributed by atoms with Gasteiger partial charge in [0.15, 0.2) is 0 Å². The lowest BCUT2D eigenvalue weighted by Gasteiger charge is -2.15. The quantitative estimate of drug-likeness (QED) is 0.457. The summed E-state index contributed by atoms with van der Waals surface area (Å²) >= 11 is 0. The van der Waals surface area contributed by atoms with Crippen LogP contribution in [0.15, 0.2) is 29.4 Å². The predicted molar refractivity (Wildman–Crippen MR) is 86.9 cm³/mol. The van der Waals surface area contributed by atoms with Crippen molar-refractivity contribution in [2.75, 3.05) is 6.61 Å². The monoisotopic (exact) mass is 346 g/mol. The van der Waals surface area contributed by atoms with Crippen molar-refractivity contribution in [2.45, 2.75) is 37.3 Å². The maximum atomic E-state index is 11.5. The Labute approximate surface area is 130 Å². The summed E-state index contributed by atoms with van der Waals surface area (Å²) in [5.74, 6) is 0. The van der Waals surface area contributed by atoms with Crippen LogP contribution in [-0.2, 0) is 20.5 Å². The van der Waals surface area contributed by atoms with Crippen molar-refractivity contribution in [3.05, 3.63) is 24.5 Å². The number of para-hydroxylation sites is 1. The number of benzene rings is 1. The van der Waals surface area contributed by atoms with Gasteiger partial charge in [0.25, 0.3) is 9.05 Å². The molecular formula is C13H19ClN2O3SSi. The smallest absolute Gasteiger partial charge is 0.263 e. The first-order chi connectivity index (χ1) is 9.68. The molecule has 0 amide bonds. The Bertz CT molecular complexity index is 737. The number of imidazole rings is 1. The normalized spacial score (nSPS) is 13.0. The van der Waals surface area contributed by atoms with Gasteiger partial charge in [-0.2, -0.15) is 0 Å². The summed E-state index contributed by atoms with van der Waals surface area (Å²) in [4.78, 5) is 4.17. The van der Waals surface area contributed by atoms with Gasteiger partial charge in [-0.05, 0) is 18.2 Å².